The molecule has 142 valence electrons. The van der Waals surface area contributed by atoms with Crippen molar-refractivity contribution in [2.75, 3.05) is 0 Å². The van der Waals surface area contributed by atoms with Crippen LogP contribution in [0, 0.1) is 33.5 Å². The molecule has 0 aliphatic heterocycles. The summed E-state index contributed by atoms with van der Waals surface area (Å²) in [5, 5.41) is 5.85. The van der Waals surface area contributed by atoms with Gasteiger partial charge in [-0.05, 0) is 79.6 Å². The average molecular weight is 381 g/mol. The van der Waals surface area contributed by atoms with Crippen LogP contribution in [0.15, 0.2) is 42.6 Å². The summed E-state index contributed by atoms with van der Waals surface area (Å²) in [7, 11) is 2.09. The van der Waals surface area contributed by atoms with E-state index in [0.29, 0.717) is 0 Å². The van der Waals surface area contributed by atoms with E-state index >= 15 is 0 Å². The molecular weight excluding hydrogens is 359 g/mol. The molecule has 0 radical (unpaired) electrons. The summed E-state index contributed by atoms with van der Waals surface area (Å²) in [5.41, 5.74) is 9.52. The summed E-state index contributed by atoms with van der Waals surface area (Å²) in [6.07, 6.45) is 2.04. The summed E-state index contributed by atoms with van der Waals surface area (Å²) in [6, 6.07) is 12.1. The topological polar surface area (TPSA) is 8.29 Å². The predicted octanol–water partition coefficient (Wildman–Crippen LogP) is 6.19. The molecule has 0 amide bonds. The van der Waals surface area contributed by atoms with Gasteiger partial charge in [0.25, 0.3) is 0 Å². The number of rotatable bonds is 0. The number of hydrogen-bond acceptors (Lipinski definition) is 0. The van der Waals surface area contributed by atoms with Gasteiger partial charge in [0, 0.05) is 16.8 Å². The number of fused-ring (bicyclic) bond motifs is 5. The molecule has 2 nitrogen and oxygen atoms in total. The summed E-state index contributed by atoms with van der Waals surface area (Å²) < 4.78 is 19.2. The Hall–Kier alpha value is -3.20. The van der Waals surface area contributed by atoms with E-state index in [4.69, 9.17) is 0 Å². The molecule has 0 saturated heterocycles. The minimum Gasteiger partial charge on any atom is -0.307 e. The molecule has 6 aromatic rings. The summed E-state index contributed by atoms with van der Waals surface area (Å²) in [6.45, 7) is 8.71. The minimum atomic E-state index is -0.195. The van der Waals surface area contributed by atoms with Gasteiger partial charge in [0.05, 0.1) is 27.3 Å². The van der Waals surface area contributed by atoms with E-state index in [1.54, 1.807) is 12.1 Å². The van der Waals surface area contributed by atoms with Gasteiger partial charge in [-0.2, -0.15) is 0 Å². The van der Waals surface area contributed by atoms with Crippen molar-refractivity contribution in [3.63, 3.8) is 0 Å². The van der Waals surface area contributed by atoms with Crippen LogP contribution in [0.5, 0.6) is 0 Å². The summed E-state index contributed by atoms with van der Waals surface area (Å²) >= 11 is 0. The Balaban J connectivity index is 2.16. The lowest BCUT2D eigenvalue weighted by molar-refractivity contribution is -0.643. The maximum absolute atomic E-state index is 14.7. The van der Waals surface area contributed by atoms with E-state index in [2.05, 4.69) is 61.9 Å². The molecule has 6 rings (SSSR count). The molecule has 0 fully saturated rings. The molecule has 0 aliphatic rings. The molecule has 0 atom stereocenters. The SMILES string of the molecule is Cc1cc(C)c2c3cc(C)c(C)c4c3n(c2c1)c1cc(F)cc2cc[n+](C)c4c21. The van der Waals surface area contributed by atoms with Crippen LogP contribution in [-0.4, -0.2) is 4.40 Å². The van der Waals surface area contributed by atoms with E-state index in [1.165, 1.54) is 49.4 Å². The van der Waals surface area contributed by atoms with Crippen LogP contribution in [-0.2, 0) is 7.05 Å². The normalized spacial score (nSPS) is 12.5. The van der Waals surface area contributed by atoms with Crippen molar-refractivity contribution in [2.24, 2.45) is 7.05 Å². The molecule has 3 heterocycles. The number of pyridine rings is 2. The maximum atomic E-state index is 14.7. The van der Waals surface area contributed by atoms with Gasteiger partial charge in [0.2, 0.25) is 5.52 Å². The molecule has 3 aromatic carbocycles. The molecule has 0 N–H and O–H groups in total. The van der Waals surface area contributed by atoms with Crippen LogP contribution in [0.3, 0.4) is 0 Å². The van der Waals surface area contributed by atoms with Gasteiger partial charge in [-0.1, -0.05) is 6.07 Å². The molecule has 0 aliphatic carbocycles. The van der Waals surface area contributed by atoms with Gasteiger partial charge in [0.15, 0.2) is 6.20 Å². The monoisotopic (exact) mass is 381 g/mol. The summed E-state index contributed by atoms with van der Waals surface area (Å²) in [5.74, 6) is -0.195. The zero-order valence-corrected chi connectivity index (χ0v) is 17.3. The van der Waals surface area contributed by atoms with Gasteiger partial charge in [-0.15, -0.1) is 0 Å². The number of hydrogen-bond donors (Lipinski definition) is 0. The van der Waals surface area contributed by atoms with E-state index < -0.39 is 0 Å². The molecular formula is C26H22FN2+. The average Bonchev–Trinajstić information content (AvgIpc) is 2.97. The zero-order valence-electron chi connectivity index (χ0n) is 17.3. The Morgan fingerprint density at radius 2 is 1.59 bits per heavy atom. The third-order valence-electron chi connectivity index (χ3n) is 6.67. The smallest absolute Gasteiger partial charge is 0.224 e. The molecule has 0 bridgehead atoms. The highest BCUT2D eigenvalue weighted by Crippen LogP contribution is 2.42. The number of nitrogens with zero attached hydrogens (tertiary/aromatic N) is 2. The molecule has 0 saturated carbocycles. The van der Waals surface area contributed by atoms with Crippen LogP contribution < -0.4 is 4.57 Å². The van der Waals surface area contributed by atoms with Crippen LogP contribution >= 0.6 is 0 Å². The lowest BCUT2D eigenvalue weighted by Gasteiger charge is -2.14. The van der Waals surface area contributed by atoms with Crippen molar-refractivity contribution < 1.29 is 8.96 Å². The first-order chi connectivity index (χ1) is 13.9. The lowest BCUT2D eigenvalue weighted by atomic mass is 9.96. The standard InChI is InChI=1S/C26H22FN2/c1-13-8-15(3)22-19-10-14(2)16(4)23-25(19)29(20(22)9-13)21-12-18(27)11-17-6-7-28(5)26(23)24(17)21/h6-12H,1-5H3/q+1. The predicted molar refractivity (Wildman–Crippen MR) is 119 cm³/mol. The van der Waals surface area contributed by atoms with Crippen LogP contribution in [0.1, 0.15) is 22.3 Å². The molecule has 0 unspecified atom stereocenters. The van der Waals surface area contributed by atoms with Crippen molar-refractivity contribution in [1.29, 1.82) is 0 Å². The zero-order chi connectivity index (χ0) is 20.2. The fourth-order valence-corrected chi connectivity index (χ4v) is 5.38. The Labute approximate surface area is 168 Å². The Morgan fingerprint density at radius 1 is 0.828 bits per heavy atom. The van der Waals surface area contributed by atoms with E-state index in [9.17, 15) is 4.39 Å². The van der Waals surface area contributed by atoms with Crippen molar-refractivity contribution in [3.05, 3.63) is 70.7 Å². The number of halogens is 1. The highest BCUT2D eigenvalue weighted by molar-refractivity contribution is 6.26. The van der Waals surface area contributed by atoms with Crippen LogP contribution in [0.4, 0.5) is 4.39 Å². The van der Waals surface area contributed by atoms with Crippen LogP contribution in [0.25, 0.3) is 49.0 Å². The number of aryl methyl sites for hydroxylation is 5. The van der Waals surface area contributed by atoms with E-state index in [1.807, 2.05) is 12.3 Å². The summed E-state index contributed by atoms with van der Waals surface area (Å²) in [4.78, 5) is 0. The molecule has 3 aromatic heterocycles. The highest BCUT2D eigenvalue weighted by atomic mass is 19.1. The number of aromatic nitrogens is 2. The van der Waals surface area contributed by atoms with Crippen molar-refractivity contribution in [2.45, 2.75) is 27.7 Å². The third-order valence-corrected chi connectivity index (χ3v) is 6.67. The first kappa shape index (κ1) is 16.7. The van der Waals surface area contributed by atoms with E-state index in [-0.39, 0.29) is 5.82 Å². The highest BCUT2D eigenvalue weighted by Gasteiger charge is 2.25. The fourth-order valence-electron chi connectivity index (χ4n) is 5.38. The molecule has 29 heavy (non-hydrogen) atoms. The quantitative estimate of drug-likeness (QED) is 0.168. The Kier molecular flexibility index (Phi) is 3.02. The van der Waals surface area contributed by atoms with Gasteiger partial charge in [-0.3, -0.25) is 0 Å². The third kappa shape index (κ3) is 1.93. The maximum Gasteiger partial charge on any atom is 0.224 e. The molecule has 0 spiro atoms. The first-order valence-corrected chi connectivity index (χ1v) is 10.0. The fraction of sp³-hybridized carbons (Fsp3) is 0.192. The van der Waals surface area contributed by atoms with Crippen molar-refractivity contribution >= 4 is 49.0 Å². The van der Waals surface area contributed by atoms with Gasteiger partial charge < -0.3 is 4.40 Å². The van der Waals surface area contributed by atoms with Crippen molar-refractivity contribution in [3.8, 4) is 0 Å². The molecule has 3 heteroatoms. The second-order valence-electron chi connectivity index (χ2n) is 8.57. The van der Waals surface area contributed by atoms with E-state index in [0.717, 1.165) is 21.8 Å². The van der Waals surface area contributed by atoms with Crippen LogP contribution in [0.2, 0.25) is 0 Å². The lowest BCUT2D eigenvalue weighted by Crippen LogP contribution is -2.29. The van der Waals surface area contributed by atoms with Crippen molar-refractivity contribution in [1.82, 2.24) is 4.40 Å². The van der Waals surface area contributed by atoms with Gasteiger partial charge in [0.1, 0.15) is 12.9 Å². The Bertz CT molecular complexity index is 1650. The second kappa shape index (κ2) is 5.24. The van der Waals surface area contributed by atoms with Gasteiger partial charge in [-0.25, -0.2) is 8.96 Å². The number of benzene rings is 3. The minimum absolute atomic E-state index is 0.195. The largest absolute Gasteiger partial charge is 0.307 e. The Morgan fingerprint density at radius 3 is 2.38 bits per heavy atom. The first-order valence-electron chi connectivity index (χ1n) is 10.0. The second-order valence-corrected chi connectivity index (χ2v) is 8.57. The van der Waals surface area contributed by atoms with Gasteiger partial charge >= 0.3 is 0 Å².